The van der Waals surface area contributed by atoms with Crippen molar-refractivity contribution in [3.8, 4) is 0 Å². The largest absolute Gasteiger partial charge is 0.478 e. The van der Waals surface area contributed by atoms with E-state index in [0.717, 1.165) is 46.8 Å². The van der Waals surface area contributed by atoms with E-state index in [-0.39, 0.29) is 17.2 Å². The first-order chi connectivity index (χ1) is 15.3. The molecule has 0 saturated carbocycles. The molecule has 4 rings (SSSR count). The summed E-state index contributed by atoms with van der Waals surface area (Å²) in [5, 5.41) is 9.90. The minimum Gasteiger partial charge on any atom is -0.478 e. The van der Waals surface area contributed by atoms with Crippen LogP contribution in [0.5, 0.6) is 0 Å². The smallest absolute Gasteiger partial charge is 0.328 e. The molecule has 2 atom stereocenters. The van der Waals surface area contributed by atoms with Gasteiger partial charge in [0, 0.05) is 34.4 Å². The summed E-state index contributed by atoms with van der Waals surface area (Å²) in [6.07, 6.45) is 4.27. The molecule has 0 aliphatic carbocycles. The molecule has 1 aromatic heterocycles. The van der Waals surface area contributed by atoms with Crippen LogP contribution in [0.2, 0.25) is 0 Å². The first kappa shape index (κ1) is 21.8. The number of benzene rings is 2. The third kappa shape index (κ3) is 3.70. The van der Waals surface area contributed by atoms with Crippen LogP contribution < -0.4 is 0 Å². The summed E-state index contributed by atoms with van der Waals surface area (Å²) in [6, 6.07) is 9.62. The molecule has 166 valence electrons. The molecule has 0 spiro atoms. The van der Waals surface area contributed by atoms with Crippen LogP contribution in [0.4, 0.5) is 8.78 Å². The summed E-state index contributed by atoms with van der Waals surface area (Å²) in [5.74, 6) is -2.60. The van der Waals surface area contributed by atoms with E-state index in [4.69, 9.17) is 5.11 Å². The van der Waals surface area contributed by atoms with Crippen LogP contribution >= 0.6 is 0 Å². The number of carboxylic acid groups (broad SMARTS) is 1. The van der Waals surface area contributed by atoms with Gasteiger partial charge >= 0.3 is 5.97 Å². The number of nitrogens with one attached hydrogen (secondary N) is 1. The van der Waals surface area contributed by atoms with Gasteiger partial charge in [0.05, 0.1) is 5.56 Å². The van der Waals surface area contributed by atoms with Crippen LogP contribution in [-0.4, -0.2) is 27.0 Å². The summed E-state index contributed by atoms with van der Waals surface area (Å²) in [7, 11) is 0. The van der Waals surface area contributed by atoms with E-state index in [1.54, 1.807) is 0 Å². The fourth-order valence-corrected chi connectivity index (χ4v) is 4.73. The van der Waals surface area contributed by atoms with Gasteiger partial charge in [0.2, 0.25) is 0 Å². The van der Waals surface area contributed by atoms with E-state index in [1.807, 2.05) is 36.1 Å². The number of aliphatic carboxylic acids is 1. The number of nitrogens with zero attached hydrogens (tertiary/aromatic N) is 1. The highest BCUT2D eigenvalue weighted by molar-refractivity contribution is 5.86. The molecule has 2 aromatic carbocycles. The summed E-state index contributed by atoms with van der Waals surface area (Å²) in [6.45, 7) is 8.27. The molecule has 0 unspecified atom stereocenters. The van der Waals surface area contributed by atoms with Gasteiger partial charge in [-0.2, -0.15) is 0 Å². The molecule has 4 nitrogen and oxygen atoms in total. The van der Waals surface area contributed by atoms with Gasteiger partial charge in [0.15, 0.2) is 0 Å². The number of carboxylic acids is 1. The van der Waals surface area contributed by atoms with Crippen LogP contribution in [0.1, 0.15) is 55.1 Å². The van der Waals surface area contributed by atoms with Crippen molar-refractivity contribution >= 4 is 22.9 Å². The fourth-order valence-electron chi connectivity index (χ4n) is 4.73. The number of halogens is 2. The minimum atomic E-state index is -1.18. The highest BCUT2D eigenvalue weighted by atomic mass is 19.1. The molecule has 32 heavy (non-hydrogen) atoms. The lowest BCUT2D eigenvalue weighted by Crippen LogP contribution is -2.43. The standard InChI is InChI=1S/C26H26F2N2O2/c1-4-15(3)30-17(5-2)14-19-18-8-6-7-9-22(18)29-25(19)26(30)24-20(27)12-16(13-21(24)28)10-11-23(31)32/h6-13,17,26,29H,3-5,14H2,1-2H3,(H,31,32)/b11-10+/t17-,26-/m1/s1. The molecule has 0 saturated heterocycles. The zero-order valence-corrected chi connectivity index (χ0v) is 18.2. The van der Waals surface area contributed by atoms with E-state index in [0.29, 0.717) is 6.42 Å². The Morgan fingerprint density at radius 2 is 1.94 bits per heavy atom. The Balaban J connectivity index is 1.95. The molecule has 0 bridgehead atoms. The van der Waals surface area contributed by atoms with Crippen LogP contribution in [0.25, 0.3) is 17.0 Å². The lowest BCUT2D eigenvalue weighted by atomic mass is 9.85. The minimum absolute atomic E-state index is 0.0459. The maximum atomic E-state index is 15.4. The first-order valence-corrected chi connectivity index (χ1v) is 10.8. The van der Waals surface area contributed by atoms with E-state index in [2.05, 4.69) is 18.5 Å². The second-order valence-electron chi connectivity index (χ2n) is 8.13. The molecule has 1 aliphatic rings. The number of rotatable bonds is 6. The lowest BCUT2D eigenvalue weighted by molar-refractivity contribution is -0.131. The monoisotopic (exact) mass is 436 g/mol. The van der Waals surface area contributed by atoms with Gasteiger partial charge in [-0.15, -0.1) is 0 Å². The third-order valence-electron chi connectivity index (χ3n) is 6.27. The fraction of sp³-hybridized carbons (Fsp3) is 0.269. The maximum absolute atomic E-state index is 15.4. The molecule has 3 aromatic rings. The number of carbonyl (C=O) groups is 1. The Morgan fingerprint density at radius 1 is 1.25 bits per heavy atom. The average molecular weight is 437 g/mol. The summed E-state index contributed by atoms with van der Waals surface area (Å²) >= 11 is 0. The van der Waals surface area contributed by atoms with Crippen molar-refractivity contribution in [2.45, 2.75) is 45.2 Å². The van der Waals surface area contributed by atoms with Crippen molar-refractivity contribution in [3.05, 3.63) is 88.8 Å². The molecule has 1 aliphatic heterocycles. The Bertz CT molecular complexity index is 1200. The number of H-pyrrole nitrogens is 1. The number of hydrogen-bond donors (Lipinski definition) is 2. The van der Waals surface area contributed by atoms with Gasteiger partial charge in [-0.05, 0) is 54.7 Å². The van der Waals surface area contributed by atoms with Gasteiger partial charge < -0.3 is 15.0 Å². The Hall–Kier alpha value is -3.41. The van der Waals surface area contributed by atoms with Crippen LogP contribution in [0.15, 0.2) is 54.8 Å². The van der Waals surface area contributed by atoms with Gasteiger partial charge in [0.25, 0.3) is 0 Å². The lowest BCUT2D eigenvalue weighted by Gasteiger charge is -2.45. The van der Waals surface area contributed by atoms with Gasteiger partial charge in [-0.3, -0.25) is 0 Å². The quantitative estimate of drug-likeness (QED) is 0.453. The van der Waals surface area contributed by atoms with Crippen molar-refractivity contribution in [1.82, 2.24) is 9.88 Å². The molecule has 6 heteroatoms. The molecule has 0 radical (unpaired) electrons. The SMILES string of the molecule is C=C(CC)N1[C@H](CC)Cc2c([nH]c3ccccc23)[C@H]1c1c(F)cc(/C=C/C(=O)O)cc1F. The Labute approximate surface area is 185 Å². The second kappa shape index (κ2) is 8.61. The second-order valence-corrected chi connectivity index (χ2v) is 8.13. The molecular weight excluding hydrogens is 410 g/mol. The zero-order valence-electron chi connectivity index (χ0n) is 18.2. The molecule has 0 amide bonds. The summed E-state index contributed by atoms with van der Waals surface area (Å²) < 4.78 is 30.9. The Morgan fingerprint density at radius 3 is 2.56 bits per heavy atom. The van der Waals surface area contributed by atoms with Crippen molar-refractivity contribution in [2.24, 2.45) is 0 Å². The van der Waals surface area contributed by atoms with Crippen LogP contribution in [0.3, 0.4) is 0 Å². The molecule has 2 N–H and O–H groups in total. The van der Waals surface area contributed by atoms with Crippen molar-refractivity contribution < 1.29 is 18.7 Å². The van der Waals surface area contributed by atoms with Crippen molar-refractivity contribution in [1.29, 1.82) is 0 Å². The van der Waals surface area contributed by atoms with E-state index >= 15 is 8.78 Å². The molecule has 2 heterocycles. The van der Waals surface area contributed by atoms with Crippen molar-refractivity contribution in [3.63, 3.8) is 0 Å². The maximum Gasteiger partial charge on any atom is 0.328 e. The Kier molecular flexibility index (Phi) is 5.87. The number of fused-ring (bicyclic) bond motifs is 3. The molecule has 0 fully saturated rings. The van der Waals surface area contributed by atoms with Gasteiger partial charge in [0.1, 0.15) is 17.7 Å². The van der Waals surface area contributed by atoms with Crippen LogP contribution in [0, 0.1) is 11.6 Å². The van der Waals surface area contributed by atoms with Gasteiger partial charge in [-0.1, -0.05) is 38.6 Å². The van der Waals surface area contributed by atoms with E-state index in [1.165, 1.54) is 18.2 Å². The normalized spacial score (nSPS) is 18.3. The van der Waals surface area contributed by atoms with Crippen LogP contribution in [-0.2, 0) is 11.2 Å². The third-order valence-corrected chi connectivity index (χ3v) is 6.27. The summed E-state index contributed by atoms with van der Waals surface area (Å²) in [4.78, 5) is 16.3. The summed E-state index contributed by atoms with van der Waals surface area (Å²) in [5.41, 5.74) is 3.70. The first-order valence-electron chi connectivity index (χ1n) is 10.8. The van der Waals surface area contributed by atoms with Crippen molar-refractivity contribution in [2.75, 3.05) is 0 Å². The average Bonchev–Trinajstić information content (AvgIpc) is 3.14. The zero-order chi connectivity index (χ0) is 23.0. The van der Waals surface area contributed by atoms with E-state index < -0.39 is 23.6 Å². The highest BCUT2D eigenvalue weighted by Gasteiger charge is 2.39. The number of para-hydroxylation sites is 1. The predicted molar refractivity (Wildman–Crippen MR) is 122 cm³/mol. The highest BCUT2D eigenvalue weighted by Crippen LogP contribution is 2.45. The van der Waals surface area contributed by atoms with Gasteiger partial charge in [-0.25, -0.2) is 13.6 Å². The topological polar surface area (TPSA) is 56.3 Å². The van der Waals surface area contributed by atoms with E-state index in [9.17, 15) is 4.79 Å². The number of aromatic nitrogens is 1. The predicted octanol–water partition coefficient (Wildman–Crippen LogP) is 6.19. The number of allylic oxidation sites excluding steroid dienone is 1. The number of hydrogen-bond acceptors (Lipinski definition) is 2. The molecular formula is C26H26F2N2O2. The number of aromatic amines is 1.